The van der Waals surface area contributed by atoms with Crippen molar-refractivity contribution in [3.05, 3.63) is 18.2 Å². The van der Waals surface area contributed by atoms with Gasteiger partial charge >= 0.3 is 0 Å². The molecule has 0 radical (unpaired) electrons. The van der Waals surface area contributed by atoms with Crippen LogP contribution in [0.1, 0.15) is 13.8 Å². The van der Waals surface area contributed by atoms with Crippen molar-refractivity contribution >= 4 is 21.4 Å². The summed E-state index contributed by atoms with van der Waals surface area (Å²) < 4.78 is 31.9. The van der Waals surface area contributed by atoms with Gasteiger partial charge in [0.15, 0.2) is 0 Å². The van der Waals surface area contributed by atoms with Crippen molar-refractivity contribution in [2.75, 3.05) is 44.5 Å². The highest BCUT2D eigenvalue weighted by atomic mass is 32.2. The summed E-state index contributed by atoms with van der Waals surface area (Å²) >= 11 is 0. The molecule has 6 nitrogen and oxygen atoms in total. The van der Waals surface area contributed by atoms with Gasteiger partial charge in [-0.05, 0) is 31.2 Å². The first-order chi connectivity index (χ1) is 9.81. The number of benzene rings is 1. The maximum atomic E-state index is 12.2. The van der Waals surface area contributed by atoms with Crippen molar-refractivity contribution in [1.82, 2.24) is 4.72 Å². The first kappa shape index (κ1) is 17.7. The van der Waals surface area contributed by atoms with Crippen LogP contribution in [0.15, 0.2) is 23.1 Å². The van der Waals surface area contributed by atoms with Crippen LogP contribution in [0.25, 0.3) is 0 Å². The molecule has 0 unspecified atom stereocenters. The Labute approximate surface area is 127 Å². The predicted molar refractivity (Wildman–Crippen MR) is 86.0 cm³/mol. The Bertz CT molecular complexity index is 559. The smallest absolute Gasteiger partial charge is 0.242 e. The van der Waals surface area contributed by atoms with Crippen molar-refractivity contribution in [2.24, 2.45) is 5.92 Å². The van der Waals surface area contributed by atoms with Gasteiger partial charge in [0.25, 0.3) is 0 Å². The van der Waals surface area contributed by atoms with Gasteiger partial charge in [0.1, 0.15) is 4.90 Å². The minimum absolute atomic E-state index is 0.196. The Morgan fingerprint density at radius 3 is 2.57 bits per heavy atom. The van der Waals surface area contributed by atoms with E-state index in [9.17, 15) is 8.42 Å². The Balaban J connectivity index is 3.29. The van der Waals surface area contributed by atoms with Crippen molar-refractivity contribution in [1.29, 1.82) is 0 Å². The summed E-state index contributed by atoms with van der Waals surface area (Å²) in [6, 6.07) is 4.95. The molecule has 0 aliphatic rings. The summed E-state index contributed by atoms with van der Waals surface area (Å²) in [5.41, 5.74) is 6.81. The molecule has 120 valence electrons. The molecule has 0 spiro atoms. The molecule has 0 aliphatic carbocycles. The molecule has 21 heavy (non-hydrogen) atoms. The summed E-state index contributed by atoms with van der Waals surface area (Å²) in [5, 5.41) is 0. The average Bonchev–Trinajstić information content (AvgIpc) is 2.43. The van der Waals surface area contributed by atoms with Crippen LogP contribution >= 0.6 is 0 Å². The summed E-state index contributed by atoms with van der Waals surface area (Å²) in [5.74, 6) is 0.393. The number of sulfonamides is 1. The lowest BCUT2D eigenvalue weighted by Gasteiger charge is -2.28. The van der Waals surface area contributed by atoms with Crippen molar-refractivity contribution in [3.63, 3.8) is 0 Å². The highest BCUT2D eigenvalue weighted by Gasteiger charge is 2.21. The third-order valence-electron chi connectivity index (χ3n) is 3.03. The van der Waals surface area contributed by atoms with Gasteiger partial charge in [-0.3, -0.25) is 0 Å². The second kappa shape index (κ2) is 7.63. The van der Waals surface area contributed by atoms with Crippen LogP contribution in [-0.2, 0) is 14.8 Å². The molecule has 0 fully saturated rings. The number of nitrogens with one attached hydrogen (secondary N) is 1. The molecular weight excluding hydrogens is 290 g/mol. The Hall–Kier alpha value is -1.31. The molecule has 0 aliphatic heterocycles. The molecule has 0 aromatic heterocycles. The standard InChI is InChI=1S/C14H25N3O3S/c1-11(2)10-17(7-8-20-4)13-6-5-12(15)9-14(13)21(18,19)16-3/h5-6,9,11,16H,7-8,10,15H2,1-4H3. The topological polar surface area (TPSA) is 84.7 Å². The van der Waals surface area contributed by atoms with Crippen LogP contribution in [0.2, 0.25) is 0 Å². The Kier molecular flexibility index (Phi) is 6.44. The number of nitrogen functional groups attached to an aromatic ring is 1. The lowest BCUT2D eigenvalue weighted by molar-refractivity contribution is 0.204. The Morgan fingerprint density at radius 1 is 1.38 bits per heavy atom. The van der Waals surface area contributed by atoms with Gasteiger partial charge < -0.3 is 15.4 Å². The van der Waals surface area contributed by atoms with Gasteiger partial charge in [0.2, 0.25) is 10.0 Å². The number of anilines is 2. The molecule has 1 aromatic carbocycles. The van der Waals surface area contributed by atoms with E-state index in [4.69, 9.17) is 10.5 Å². The molecule has 1 aromatic rings. The molecule has 3 N–H and O–H groups in total. The lowest BCUT2D eigenvalue weighted by Crippen LogP contribution is -2.33. The number of nitrogens with zero attached hydrogens (tertiary/aromatic N) is 1. The minimum atomic E-state index is -3.57. The number of ether oxygens (including phenoxy) is 1. The summed E-state index contributed by atoms with van der Waals surface area (Å²) in [7, 11) is -0.550. The minimum Gasteiger partial charge on any atom is -0.399 e. The Morgan fingerprint density at radius 2 is 2.05 bits per heavy atom. The number of nitrogens with two attached hydrogens (primary N) is 1. The fourth-order valence-corrected chi connectivity index (χ4v) is 3.05. The van der Waals surface area contributed by atoms with E-state index in [0.717, 1.165) is 6.54 Å². The van der Waals surface area contributed by atoms with Crippen LogP contribution in [0.4, 0.5) is 11.4 Å². The summed E-state index contributed by atoms with van der Waals surface area (Å²) in [6.07, 6.45) is 0. The van der Waals surface area contributed by atoms with E-state index in [1.54, 1.807) is 19.2 Å². The zero-order chi connectivity index (χ0) is 16.0. The van der Waals surface area contributed by atoms with Gasteiger partial charge in [-0.15, -0.1) is 0 Å². The molecule has 1 rings (SSSR count). The van der Waals surface area contributed by atoms with E-state index in [1.165, 1.54) is 13.1 Å². The van der Waals surface area contributed by atoms with E-state index >= 15 is 0 Å². The highest BCUT2D eigenvalue weighted by Crippen LogP contribution is 2.28. The van der Waals surface area contributed by atoms with Crippen LogP contribution in [0.3, 0.4) is 0 Å². The highest BCUT2D eigenvalue weighted by molar-refractivity contribution is 7.89. The van der Waals surface area contributed by atoms with Crippen LogP contribution in [0, 0.1) is 5.92 Å². The average molecular weight is 315 g/mol. The third kappa shape index (κ3) is 4.87. The van der Waals surface area contributed by atoms with Gasteiger partial charge in [-0.1, -0.05) is 13.8 Å². The van der Waals surface area contributed by atoms with Gasteiger partial charge in [-0.25, -0.2) is 13.1 Å². The molecule has 0 saturated carbocycles. The molecule has 0 bridgehead atoms. The van der Waals surface area contributed by atoms with Crippen LogP contribution < -0.4 is 15.4 Å². The monoisotopic (exact) mass is 315 g/mol. The second-order valence-corrected chi connectivity index (χ2v) is 7.12. The quantitative estimate of drug-likeness (QED) is 0.706. The van der Waals surface area contributed by atoms with E-state index in [2.05, 4.69) is 18.6 Å². The second-order valence-electron chi connectivity index (χ2n) is 5.27. The fourth-order valence-electron chi connectivity index (χ4n) is 2.07. The summed E-state index contributed by atoms with van der Waals surface area (Å²) in [6.45, 7) is 6.05. The SMILES string of the molecule is CNS(=O)(=O)c1cc(N)ccc1N(CCOC)CC(C)C. The van der Waals surface area contributed by atoms with E-state index in [1.807, 2.05) is 4.90 Å². The number of hydrogen-bond donors (Lipinski definition) is 2. The molecule has 0 atom stereocenters. The number of hydrogen-bond acceptors (Lipinski definition) is 5. The van der Waals surface area contributed by atoms with Gasteiger partial charge in [0, 0.05) is 25.9 Å². The zero-order valence-electron chi connectivity index (χ0n) is 13.1. The molecule has 0 saturated heterocycles. The molecule has 0 amide bonds. The van der Waals surface area contributed by atoms with Gasteiger partial charge in [-0.2, -0.15) is 0 Å². The molecule has 0 heterocycles. The normalized spacial score (nSPS) is 11.9. The number of rotatable bonds is 8. The van der Waals surface area contributed by atoms with E-state index in [-0.39, 0.29) is 4.90 Å². The first-order valence-electron chi connectivity index (χ1n) is 6.88. The van der Waals surface area contributed by atoms with Crippen molar-refractivity contribution in [2.45, 2.75) is 18.7 Å². The van der Waals surface area contributed by atoms with E-state index in [0.29, 0.717) is 30.4 Å². The predicted octanol–water partition coefficient (Wildman–Crippen LogP) is 1.29. The van der Waals surface area contributed by atoms with Crippen molar-refractivity contribution < 1.29 is 13.2 Å². The molecule has 7 heteroatoms. The van der Waals surface area contributed by atoms with Crippen molar-refractivity contribution in [3.8, 4) is 0 Å². The zero-order valence-corrected chi connectivity index (χ0v) is 13.9. The third-order valence-corrected chi connectivity index (χ3v) is 4.48. The summed E-state index contributed by atoms with van der Waals surface area (Å²) in [4.78, 5) is 2.21. The maximum Gasteiger partial charge on any atom is 0.242 e. The van der Waals surface area contributed by atoms with E-state index < -0.39 is 10.0 Å². The first-order valence-corrected chi connectivity index (χ1v) is 8.37. The van der Waals surface area contributed by atoms with Crippen LogP contribution in [0.5, 0.6) is 0 Å². The largest absolute Gasteiger partial charge is 0.399 e. The lowest BCUT2D eigenvalue weighted by atomic mass is 10.2. The number of methoxy groups -OCH3 is 1. The van der Waals surface area contributed by atoms with Crippen LogP contribution in [-0.4, -0.2) is 42.3 Å². The molecular formula is C14H25N3O3S. The maximum absolute atomic E-state index is 12.2. The fraction of sp³-hybridized carbons (Fsp3) is 0.571. The van der Waals surface area contributed by atoms with Gasteiger partial charge in [0.05, 0.1) is 12.3 Å².